The second kappa shape index (κ2) is 6.10. The van der Waals surface area contributed by atoms with E-state index in [0.717, 1.165) is 5.76 Å². The summed E-state index contributed by atoms with van der Waals surface area (Å²) in [6.07, 6.45) is 3.48. The molecule has 0 spiro atoms. The van der Waals surface area contributed by atoms with Gasteiger partial charge in [0.1, 0.15) is 5.76 Å². The largest absolute Gasteiger partial charge is 0.501 e. The molecule has 0 atom stereocenters. The summed E-state index contributed by atoms with van der Waals surface area (Å²) in [5, 5.41) is 1.41. The van der Waals surface area contributed by atoms with Crippen LogP contribution < -0.4 is 5.84 Å². The van der Waals surface area contributed by atoms with Crippen molar-refractivity contribution in [3.05, 3.63) is 35.9 Å². The van der Waals surface area contributed by atoms with E-state index in [0.29, 0.717) is 11.5 Å². The van der Waals surface area contributed by atoms with Crippen molar-refractivity contribution in [1.82, 2.24) is 5.01 Å². The minimum atomic E-state index is 0.645. The smallest absolute Gasteiger partial charge is 0.124 e. The standard InChI is InChI=1S/C10H18N2O2/c1-8(12(3)11)6-10(14-5)7-9(2)13-4/h6-7H,1,11H2,2-5H3/b9-7+,10-6+. The van der Waals surface area contributed by atoms with Crippen molar-refractivity contribution in [3.63, 3.8) is 0 Å². The van der Waals surface area contributed by atoms with Crippen LogP contribution in [0.25, 0.3) is 0 Å². The fourth-order valence-corrected chi connectivity index (χ4v) is 0.685. The maximum Gasteiger partial charge on any atom is 0.124 e. The summed E-state index contributed by atoms with van der Waals surface area (Å²) in [6, 6.07) is 0. The second-order valence-electron chi connectivity index (χ2n) is 2.81. The van der Waals surface area contributed by atoms with Gasteiger partial charge in [-0.2, -0.15) is 0 Å². The predicted molar refractivity (Wildman–Crippen MR) is 56.9 cm³/mol. The molecule has 0 aromatic rings. The van der Waals surface area contributed by atoms with Crippen LogP contribution in [0.2, 0.25) is 0 Å². The summed E-state index contributed by atoms with van der Waals surface area (Å²) in [5.74, 6) is 6.88. The molecule has 0 saturated heterocycles. The Labute approximate surface area is 85.3 Å². The first-order valence-electron chi connectivity index (χ1n) is 4.16. The number of hydrogen-bond acceptors (Lipinski definition) is 4. The molecule has 0 aliphatic heterocycles. The third-order valence-corrected chi connectivity index (χ3v) is 1.67. The Kier molecular flexibility index (Phi) is 5.48. The van der Waals surface area contributed by atoms with Gasteiger partial charge >= 0.3 is 0 Å². The lowest BCUT2D eigenvalue weighted by Gasteiger charge is -2.12. The maximum atomic E-state index is 5.48. The molecule has 0 rings (SSSR count). The molecule has 0 aromatic carbocycles. The molecule has 0 unspecified atom stereocenters. The summed E-state index contributed by atoms with van der Waals surface area (Å²) in [5.41, 5.74) is 0.655. The Morgan fingerprint density at radius 1 is 1.29 bits per heavy atom. The lowest BCUT2D eigenvalue weighted by atomic mass is 10.3. The average molecular weight is 198 g/mol. The highest BCUT2D eigenvalue weighted by atomic mass is 16.5. The van der Waals surface area contributed by atoms with Gasteiger partial charge in [0.25, 0.3) is 0 Å². The van der Waals surface area contributed by atoms with Crippen LogP contribution in [0.1, 0.15) is 6.92 Å². The Hall–Kier alpha value is -1.42. The van der Waals surface area contributed by atoms with Crippen LogP contribution in [0.15, 0.2) is 35.9 Å². The van der Waals surface area contributed by atoms with Crippen LogP contribution in [0.5, 0.6) is 0 Å². The Bertz CT molecular complexity index is 255. The summed E-state index contributed by atoms with van der Waals surface area (Å²) >= 11 is 0. The zero-order valence-electron chi connectivity index (χ0n) is 9.20. The molecule has 4 nitrogen and oxygen atoms in total. The molecule has 0 radical (unpaired) electrons. The molecule has 0 saturated carbocycles. The number of hydrazine groups is 1. The zero-order chi connectivity index (χ0) is 11.1. The molecule has 2 N–H and O–H groups in total. The molecular weight excluding hydrogens is 180 g/mol. The SMILES string of the molecule is C=C(/C=C(\C=C(/C)OC)OC)N(C)N. The Morgan fingerprint density at radius 2 is 1.86 bits per heavy atom. The van der Waals surface area contributed by atoms with E-state index in [1.165, 1.54) is 5.01 Å². The summed E-state index contributed by atoms with van der Waals surface area (Å²) < 4.78 is 10.1. The quantitative estimate of drug-likeness (QED) is 0.314. The Morgan fingerprint density at radius 3 is 2.21 bits per heavy atom. The van der Waals surface area contributed by atoms with Gasteiger partial charge in [0.2, 0.25) is 0 Å². The minimum absolute atomic E-state index is 0.645. The van der Waals surface area contributed by atoms with Crippen molar-refractivity contribution >= 4 is 0 Å². The first kappa shape index (κ1) is 12.6. The number of likely N-dealkylation sites (N-methyl/N-ethyl adjacent to an activating group) is 1. The molecular formula is C10H18N2O2. The number of rotatable bonds is 5. The van der Waals surface area contributed by atoms with Crippen LogP contribution >= 0.6 is 0 Å². The van der Waals surface area contributed by atoms with Crippen molar-refractivity contribution in [2.24, 2.45) is 5.84 Å². The van der Waals surface area contributed by atoms with Gasteiger partial charge in [0.05, 0.1) is 20.0 Å². The molecule has 0 aliphatic carbocycles. The van der Waals surface area contributed by atoms with E-state index >= 15 is 0 Å². The molecule has 0 aliphatic rings. The van der Waals surface area contributed by atoms with Crippen LogP contribution in [-0.2, 0) is 9.47 Å². The summed E-state index contributed by atoms with van der Waals surface area (Å²) in [7, 11) is 4.89. The van der Waals surface area contributed by atoms with Gasteiger partial charge in [-0.1, -0.05) is 6.58 Å². The monoisotopic (exact) mass is 198 g/mol. The van der Waals surface area contributed by atoms with E-state index in [4.69, 9.17) is 15.3 Å². The van der Waals surface area contributed by atoms with E-state index in [1.807, 2.05) is 6.92 Å². The zero-order valence-corrected chi connectivity index (χ0v) is 9.20. The topological polar surface area (TPSA) is 47.7 Å². The van der Waals surface area contributed by atoms with Crippen LogP contribution in [-0.4, -0.2) is 26.3 Å². The van der Waals surface area contributed by atoms with E-state index < -0.39 is 0 Å². The highest BCUT2D eigenvalue weighted by molar-refractivity contribution is 5.24. The average Bonchev–Trinajstić information content (AvgIpc) is 2.16. The number of methoxy groups -OCH3 is 2. The van der Waals surface area contributed by atoms with Gasteiger partial charge in [-0.25, -0.2) is 5.84 Å². The summed E-state index contributed by atoms with van der Waals surface area (Å²) in [6.45, 7) is 5.58. The van der Waals surface area contributed by atoms with Gasteiger partial charge in [0, 0.05) is 24.9 Å². The van der Waals surface area contributed by atoms with Crippen LogP contribution in [0, 0.1) is 0 Å². The number of nitrogens with two attached hydrogens (primary N) is 1. The Balaban J connectivity index is 4.64. The van der Waals surface area contributed by atoms with Crippen molar-refractivity contribution in [3.8, 4) is 0 Å². The van der Waals surface area contributed by atoms with Gasteiger partial charge in [-0.05, 0) is 6.92 Å². The molecule has 0 fully saturated rings. The minimum Gasteiger partial charge on any atom is -0.501 e. The van der Waals surface area contributed by atoms with Gasteiger partial charge in [0.15, 0.2) is 0 Å². The van der Waals surface area contributed by atoms with Crippen molar-refractivity contribution in [2.45, 2.75) is 6.92 Å². The molecule has 0 aromatic heterocycles. The molecule has 0 heterocycles. The van der Waals surface area contributed by atoms with Crippen molar-refractivity contribution in [2.75, 3.05) is 21.3 Å². The molecule has 14 heavy (non-hydrogen) atoms. The van der Waals surface area contributed by atoms with Crippen LogP contribution in [0.4, 0.5) is 0 Å². The van der Waals surface area contributed by atoms with Crippen molar-refractivity contribution in [1.29, 1.82) is 0 Å². The van der Waals surface area contributed by atoms with Gasteiger partial charge < -0.3 is 14.5 Å². The third kappa shape index (κ3) is 4.57. The highest BCUT2D eigenvalue weighted by Gasteiger charge is 1.97. The lowest BCUT2D eigenvalue weighted by Crippen LogP contribution is -2.23. The summed E-state index contributed by atoms with van der Waals surface area (Å²) in [4.78, 5) is 0. The highest BCUT2D eigenvalue weighted by Crippen LogP contribution is 2.07. The number of hydrogen-bond donors (Lipinski definition) is 1. The first-order chi connectivity index (χ1) is 6.51. The van der Waals surface area contributed by atoms with E-state index in [2.05, 4.69) is 6.58 Å². The fraction of sp³-hybridized carbons (Fsp3) is 0.400. The van der Waals surface area contributed by atoms with Crippen molar-refractivity contribution < 1.29 is 9.47 Å². The van der Waals surface area contributed by atoms with Crippen LogP contribution in [0.3, 0.4) is 0 Å². The first-order valence-corrected chi connectivity index (χ1v) is 4.16. The second-order valence-corrected chi connectivity index (χ2v) is 2.81. The van der Waals surface area contributed by atoms with E-state index in [9.17, 15) is 0 Å². The molecule has 80 valence electrons. The van der Waals surface area contributed by atoms with E-state index in [1.54, 1.807) is 33.4 Å². The predicted octanol–water partition coefficient (Wildman–Crippen LogP) is 1.39. The van der Waals surface area contributed by atoms with Gasteiger partial charge in [-0.3, -0.25) is 0 Å². The van der Waals surface area contributed by atoms with Gasteiger partial charge in [-0.15, -0.1) is 0 Å². The lowest BCUT2D eigenvalue weighted by molar-refractivity contribution is 0.276. The molecule has 0 amide bonds. The third-order valence-electron chi connectivity index (χ3n) is 1.67. The maximum absolute atomic E-state index is 5.48. The van der Waals surface area contributed by atoms with E-state index in [-0.39, 0.29) is 0 Å². The number of nitrogens with zero attached hydrogens (tertiary/aromatic N) is 1. The number of allylic oxidation sites excluding steroid dienone is 3. The fourth-order valence-electron chi connectivity index (χ4n) is 0.685. The number of ether oxygens (including phenoxy) is 2. The normalized spacial score (nSPS) is 12.4. The molecule has 0 bridgehead atoms. The molecule has 4 heteroatoms.